The zero-order valence-electron chi connectivity index (χ0n) is 6.08. The summed E-state index contributed by atoms with van der Waals surface area (Å²) in [5.41, 5.74) is 0.188. The predicted molar refractivity (Wildman–Crippen MR) is 40.7 cm³/mol. The highest BCUT2D eigenvalue weighted by Crippen LogP contribution is 2.51. The van der Waals surface area contributed by atoms with Crippen LogP contribution in [0.5, 0.6) is 0 Å². The van der Waals surface area contributed by atoms with Gasteiger partial charge in [0.1, 0.15) is 0 Å². The fourth-order valence-electron chi connectivity index (χ4n) is 2.04. The first-order valence-electron chi connectivity index (χ1n) is 3.69. The number of carboxylic acids is 1. The Balaban J connectivity index is 1.89. The summed E-state index contributed by atoms with van der Waals surface area (Å²) < 4.78 is 10.7. The quantitative estimate of drug-likeness (QED) is 0.619. The van der Waals surface area contributed by atoms with Crippen LogP contribution < -0.4 is 0 Å². The van der Waals surface area contributed by atoms with Gasteiger partial charge in [-0.05, 0) is 18.3 Å². The zero-order valence-corrected chi connectivity index (χ0v) is 6.89. The third-order valence-electron chi connectivity index (χ3n) is 2.64. The summed E-state index contributed by atoms with van der Waals surface area (Å²) in [6.07, 6.45) is 1.52. The van der Waals surface area contributed by atoms with E-state index in [-0.39, 0.29) is 11.3 Å². The molecule has 62 valence electrons. The molecule has 0 bridgehead atoms. The molecule has 2 aliphatic rings. The number of hydrogen-bond donors (Lipinski definition) is 1. The highest BCUT2D eigenvalue weighted by Gasteiger charge is 2.54. The van der Waals surface area contributed by atoms with E-state index in [4.69, 9.17) is 5.11 Å². The summed E-state index contributed by atoms with van der Waals surface area (Å²) in [4.78, 5) is 10.4. The van der Waals surface area contributed by atoms with Gasteiger partial charge in [0.25, 0.3) is 0 Å². The fourth-order valence-corrected chi connectivity index (χ4v) is 3.79. The summed E-state index contributed by atoms with van der Waals surface area (Å²) >= 11 is 0. The summed E-state index contributed by atoms with van der Waals surface area (Å²) in [5.74, 6) is 0.661. The van der Waals surface area contributed by atoms with Crippen LogP contribution in [0.25, 0.3) is 0 Å². The molecule has 11 heavy (non-hydrogen) atoms. The van der Waals surface area contributed by atoms with Gasteiger partial charge in [-0.25, -0.2) is 0 Å². The normalized spacial score (nSPS) is 48.0. The maximum Gasteiger partial charge on any atom is 0.306 e. The van der Waals surface area contributed by atoms with Gasteiger partial charge in [0.05, 0.1) is 5.92 Å². The van der Waals surface area contributed by atoms with Gasteiger partial charge in [0.15, 0.2) is 0 Å². The Morgan fingerprint density at radius 1 is 1.45 bits per heavy atom. The van der Waals surface area contributed by atoms with E-state index in [1.807, 2.05) is 0 Å². The van der Waals surface area contributed by atoms with Crippen molar-refractivity contribution in [2.75, 3.05) is 11.5 Å². The van der Waals surface area contributed by atoms with E-state index in [0.29, 0.717) is 0 Å². The van der Waals surface area contributed by atoms with Gasteiger partial charge >= 0.3 is 5.97 Å². The Hall–Kier alpha value is -0.380. The fraction of sp³-hybridized carbons (Fsp3) is 0.857. The van der Waals surface area contributed by atoms with E-state index < -0.39 is 16.8 Å². The lowest BCUT2D eigenvalue weighted by atomic mass is 9.64. The molecule has 1 N–H and O–H groups in total. The summed E-state index contributed by atoms with van der Waals surface area (Å²) in [6.45, 7) is 0. The Kier molecular flexibility index (Phi) is 1.36. The molecule has 1 saturated heterocycles. The third-order valence-corrected chi connectivity index (χ3v) is 4.51. The van der Waals surface area contributed by atoms with Crippen LogP contribution in [0.2, 0.25) is 0 Å². The van der Waals surface area contributed by atoms with Crippen molar-refractivity contribution in [1.29, 1.82) is 0 Å². The molecule has 2 fully saturated rings. The van der Waals surface area contributed by atoms with Crippen LogP contribution in [0, 0.1) is 11.3 Å². The SMILES string of the molecule is O=C(O)C1CC2(C1)CS(=O)C2. The van der Waals surface area contributed by atoms with Crippen LogP contribution >= 0.6 is 0 Å². The number of rotatable bonds is 1. The topological polar surface area (TPSA) is 54.4 Å². The molecule has 1 saturated carbocycles. The van der Waals surface area contributed by atoms with Gasteiger partial charge < -0.3 is 5.11 Å². The van der Waals surface area contributed by atoms with Gasteiger partial charge in [0, 0.05) is 22.3 Å². The average molecular weight is 174 g/mol. The molecule has 1 aliphatic heterocycles. The highest BCUT2D eigenvalue weighted by molar-refractivity contribution is 7.86. The van der Waals surface area contributed by atoms with Crippen molar-refractivity contribution >= 4 is 16.8 Å². The summed E-state index contributed by atoms with van der Waals surface area (Å²) in [7, 11) is -0.631. The highest BCUT2D eigenvalue weighted by atomic mass is 32.2. The molecule has 0 aromatic heterocycles. The molecule has 0 aromatic carbocycles. The Bertz CT molecular complexity index is 220. The van der Waals surface area contributed by atoms with Crippen LogP contribution in [-0.4, -0.2) is 26.8 Å². The van der Waals surface area contributed by atoms with Crippen molar-refractivity contribution in [3.63, 3.8) is 0 Å². The number of aliphatic carboxylic acids is 1. The van der Waals surface area contributed by atoms with Gasteiger partial charge in [0.2, 0.25) is 0 Å². The van der Waals surface area contributed by atoms with Gasteiger partial charge in [-0.1, -0.05) is 0 Å². The van der Waals surface area contributed by atoms with Crippen LogP contribution in [0.4, 0.5) is 0 Å². The molecular weight excluding hydrogens is 164 g/mol. The van der Waals surface area contributed by atoms with Crippen LogP contribution in [0.15, 0.2) is 0 Å². The number of carbonyl (C=O) groups is 1. The Morgan fingerprint density at radius 2 is 2.00 bits per heavy atom. The third kappa shape index (κ3) is 1.00. The van der Waals surface area contributed by atoms with Crippen LogP contribution in [0.3, 0.4) is 0 Å². The van der Waals surface area contributed by atoms with E-state index in [1.54, 1.807) is 0 Å². The minimum atomic E-state index is -0.687. The Morgan fingerprint density at radius 3 is 2.36 bits per heavy atom. The second-order valence-electron chi connectivity index (χ2n) is 3.67. The first kappa shape index (κ1) is 7.28. The van der Waals surface area contributed by atoms with Crippen molar-refractivity contribution in [2.45, 2.75) is 12.8 Å². The first-order chi connectivity index (χ1) is 5.11. The summed E-state index contributed by atoms with van der Waals surface area (Å²) in [6, 6.07) is 0. The maximum absolute atomic E-state index is 10.7. The lowest BCUT2D eigenvalue weighted by Crippen LogP contribution is -2.55. The van der Waals surface area contributed by atoms with Crippen LogP contribution in [0.1, 0.15) is 12.8 Å². The van der Waals surface area contributed by atoms with E-state index in [9.17, 15) is 9.00 Å². The average Bonchev–Trinajstić information content (AvgIpc) is 1.73. The van der Waals surface area contributed by atoms with Crippen molar-refractivity contribution in [3.05, 3.63) is 0 Å². The lowest BCUT2D eigenvalue weighted by Gasteiger charge is -2.51. The minimum absolute atomic E-state index is 0.146. The molecule has 1 heterocycles. The predicted octanol–water partition coefficient (Wildman–Crippen LogP) is 0.230. The van der Waals surface area contributed by atoms with Crippen molar-refractivity contribution in [3.8, 4) is 0 Å². The second kappa shape index (κ2) is 2.06. The lowest BCUT2D eigenvalue weighted by molar-refractivity contribution is -0.149. The van der Waals surface area contributed by atoms with E-state index in [1.165, 1.54) is 0 Å². The molecule has 3 nitrogen and oxygen atoms in total. The van der Waals surface area contributed by atoms with E-state index in [2.05, 4.69) is 0 Å². The standard InChI is InChI=1S/C7H10O3S/c8-6(9)5-1-7(2-5)3-11(10)4-7/h5H,1-4H2,(H,8,9). The van der Waals surface area contributed by atoms with Gasteiger partial charge in [-0.15, -0.1) is 0 Å². The minimum Gasteiger partial charge on any atom is -0.481 e. The van der Waals surface area contributed by atoms with Crippen molar-refractivity contribution < 1.29 is 14.1 Å². The molecular formula is C7H10O3S. The molecule has 2 rings (SSSR count). The molecule has 0 aromatic rings. The number of hydrogen-bond acceptors (Lipinski definition) is 2. The Labute approximate surface area is 67.2 Å². The van der Waals surface area contributed by atoms with Gasteiger partial charge in [-0.2, -0.15) is 0 Å². The molecule has 0 radical (unpaired) electrons. The molecule has 0 atom stereocenters. The first-order valence-corrected chi connectivity index (χ1v) is 5.18. The smallest absolute Gasteiger partial charge is 0.306 e. The molecule has 1 spiro atoms. The van der Waals surface area contributed by atoms with E-state index >= 15 is 0 Å². The van der Waals surface area contributed by atoms with E-state index in [0.717, 1.165) is 24.3 Å². The van der Waals surface area contributed by atoms with Crippen molar-refractivity contribution in [2.24, 2.45) is 11.3 Å². The second-order valence-corrected chi connectivity index (χ2v) is 5.13. The monoisotopic (exact) mass is 174 g/mol. The molecule has 0 unspecified atom stereocenters. The van der Waals surface area contributed by atoms with Crippen molar-refractivity contribution in [1.82, 2.24) is 0 Å². The number of carboxylic acid groups (broad SMARTS) is 1. The molecule has 0 amide bonds. The largest absolute Gasteiger partial charge is 0.481 e. The van der Waals surface area contributed by atoms with Crippen LogP contribution in [-0.2, 0) is 15.6 Å². The molecule has 4 heteroatoms. The summed E-state index contributed by atoms with van der Waals surface area (Å²) in [5, 5.41) is 8.58. The maximum atomic E-state index is 10.7. The molecule has 1 aliphatic carbocycles. The van der Waals surface area contributed by atoms with Gasteiger partial charge in [-0.3, -0.25) is 9.00 Å². The zero-order chi connectivity index (χ0) is 8.06.